The van der Waals surface area contributed by atoms with Crippen LogP contribution in [0, 0.1) is 0 Å². The molecule has 5 nitrogen and oxygen atoms in total. The molecule has 186 valence electrons. The second-order valence-electron chi connectivity index (χ2n) is 9.34. The third-order valence-corrected chi connectivity index (χ3v) is 7.37. The molecule has 1 aliphatic rings. The van der Waals surface area contributed by atoms with Crippen molar-refractivity contribution < 1.29 is 4.79 Å². The van der Waals surface area contributed by atoms with Crippen LogP contribution in [0.3, 0.4) is 0 Å². The van der Waals surface area contributed by atoms with Gasteiger partial charge in [-0.25, -0.2) is 5.01 Å². The van der Waals surface area contributed by atoms with Gasteiger partial charge in [-0.15, -0.1) is 0 Å². The molecule has 38 heavy (non-hydrogen) atoms. The summed E-state index contributed by atoms with van der Waals surface area (Å²) in [6.45, 7) is 0. The van der Waals surface area contributed by atoms with E-state index in [2.05, 4.69) is 20.9 Å². The minimum Gasteiger partial charge on any atom is -0.321 e. The summed E-state index contributed by atoms with van der Waals surface area (Å²) in [4.78, 5) is 30.3. The number of hydrogen-bond donors (Lipinski definition) is 1. The lowest BCUT2D eigenvalue weighted by molar-refractivity contribution is -0.132. The van der Waals surface area contributed by atoms with Gasteiger partial charge in [0.25, 0.3) is 5.56 Å². The second kappa shape index (κ2) is 10.2. The van der Waals surface area contributed by atoms with Crippen LogP contribution in [-0.2, 0) is 11.2 Å². The first kappa shape index (κ1) is 24.1. The minimum absolute atomic E-state index is 0.110. The van der Waals surface area contributed by atoms with E-state index in [-0.39, 0.29) is 23.9 Å². The van der Waals surface area contributed by atoms with Crippen LogP contribution in [0.25, 0.3) is 22.0 Å². The van der Waals surface area contributed by atoms with E-state index in [1.54, 1.807) is 5.01 Å². The molecule has 2 heterocycles. The lowest BCUT2D eigenvalue weighted by Crippen LogP contribution is -2.28. The Morgan fingerprint density at radius 1 is 0.868 bits per heavy atom. The maximum Gasteiger partial charge on any atom is 0.258 e. The number of nitrogens with one attached hydrogen (secondary N) is 1. The fourth-order valence-corrected chi connectivity index (χ4v) is 5.48. The summed E-state index contributed by atoms with van der Waals surface area (Å²) in [7, 11) is 0. The molecule has 0 unspecified atom stereocenters. The normalized spacial score (nSPS) is 15.0. The lowest BCUT2D eigenvalue weighted by atomic mass is 9.91. The van der Waals surface area contributed by atoms with Crippen LogP contribution in [0.2, 0.25) is 0 Å². The van der Waals surface area contributed by atoms with E-state index in [1.165, 1.54) is 0 Å². The Labute approximate surface area is 228 Å². The Balaban J connectivity index is 1.52. The van der Waals surface area contributed by atoms with Gasteiger partial charge >= 0.3 is 0 Å². The predicted octanol–water partition coefficient (Wildman–Crippen LogP) is 6.88. The Kier molecular flexibility index (Phi) is 6.48. The molecule has 0 saturated carbocycles. The topological polar surface area (TPSA) is 65.5 Å². The molecule has 0 radical (unpaired) electrons. The van der Waals surface area contributed by atoms with Crippen LogP contribution in [-0.4, -0.2) is 21.6 Å². The molecule has 0 fully saturated rings. The highest BCUT2D eigenvalue weighted by Crippen LogP contribution is 2.37. The van der Waals surface area contributed by atoms with Gasteiger partial charge in [0, 0.05) is 27.4 Å². The van der Waals surface area contributed by atoms with Crippen molar-refractivity contribution in [1.82, 2.24) is 9.99 Å². The van der Waals surface area contributed by atoms with Crippen molar-refractivity contribution in [1.29, 1.82) is 0 Å². The predicted molar refractivity (Wildman–Crippen MR) is 155 cm³/mol. The highest BCUT2D eigenvalue weighted by atomic mass is 79.9. The van der Waals surface area contributed by atoms with Crippen molar-refractivity contribution in [2.75, 3.05) is 0 Å². The zero-order valence-corrected chi connectivity index (χ0v) is 22.1. The largest absolute Gasteiger partial charge is 0.321 e. The molecule has 1 atom stereocenters. The first-order valence-electron chi connectivity index (χ1n) is 12.5. The number of carbonyl (C=O) groups is 1. The van der Waals surface area contributed by atoms with E-state index in [9.17, 15) is 9.59 Å². The fourth-order valence-electron chi connectivity index (χ4n) is 5.12. The van der Waals surface area contributed by atoms with Crippen molar-refractivity contribution >= 4 is 38.5 Å². The number of hydrazone groups is 1. The number of amides is 1. The number of aromatic nitrogens is 1. The van der Waals surface area contributed by atoms with Crippen molar-refractivity contribution in [2.45, 2.75) is 18.9 Å². The third kappa shape index (κ3) is 4.59. The smallest absolute Gasteiger partial charge is 0.258 e. The van der Waals surface area contributed by atoms with E-state index < -0.39 is 0 Å². The van der Waals surface area contributed by atoms with Gasteiger partial charge in [-0.2, -0.15) is 5.10 Å². The second-order valence-corrected chi connectivity index (χ2v) is 10.3. The van der Waals surface area contributed by atoms with Gasteiger partial charge in [-0.05, 0) is 34.9 Å². The Hall–Kier alpha value is -4.29. The monoisotopic (exact) mass is 561 g/mol. The van der Waals surface area contributed by atoms with E-state index in [1.807, 2.05) is 109 Å². The van der Waals surface area contributed by atoms with Crippen LogP contribution >= 0.6 is 15.9 Å². The number of rotatable bonds is 5. The van der Waals surface area contributed by atoms with E-state index in [0.29, 0.717) is 17.7 Å². The molecule has 0 aliphatic carbocycles. The Bertz CT molecular complexity index is 1710. The maximum atomic E-state index is 13.7. The lowest BCUT2D eigenvalue weighted by Gasteiger charge is -2.22. The van der Waals surface area contributed by atoms with E-state index in [0.717, 1.165) is 37.6 Å². The van der Waals surface area contributed by atoms with Crippen LogP contribution in [0.15, 0.2) is 124 Å². The van der Waals surface area contributed by atoms with E-state index in [4.69, 9.17) is 5.10 Å². The zero-order chi connectivity index (χ0) is 26.1. The van der Waals surface area contributed by atoms with Crippen molar-refractivity contribution in [3.05, 3.63) is 141 Å². The molecule has 5 aromatic rings. The highest BCUT2D eigenvalue weighted by molar-refractivity contribution is 9.10. The molecule has 0 saturated heterocycles. The Morgan fingerprint density at radius 3 is 2.24 bits per heavy atom. The summed E-state index contributed by atoms with van der Waals surface area (Å²) >= 11 is 3.59. The van der Waals surface area contributed by atoms with Gasteiger partial charge in [0.1, 0.15) is 0 Å². The van der Waals surface area contributed by atoms with Crippen molar-refractivity contribution in [3.8, 4) is 11.1 Å². The number of aromatic amines is 1. The highest BCUT2D eigenvalue weighted by Gasteiger charge is 2.35. The molecule has 1 aliphatic heterocycles. The molecule has 0 bridgehead atoms. The number of H-pyrrole nitrogens is 1. The van der Waals surface area contributed by atoms with Crippen molar-refractivity contribution in [2.24, 2.45) is 5.10 Å². The average molecular weight is 562 g/mol. The van der Waals surface area contributed by atoms with Gasteiger partial charge in [0.15, 0.2) is 0 Å². The van der Waals surface area contributed by atoms with Gasteiger partial charge in [-0.3, -0.25) is 9.59 Å². The van der Waals surface area contributed by atoms with Crippen LogP contribution in [0.5, 0.6) is 0 Å². The van der Waals surface area contributed by atoms with Crippen LogP contribution < -0.4 is 5.56 Å². The summed E-state index contributed by atoms with van der Waals surface area (Å²) in [6, 6.07) is 35.0. The first-order chi connectivity index (χ1) is 18.6. The van der Waals surface area contributed by atoms with Crippen LogP contribution in [0.4, 0.5) is 0 Å². The Morgan fingerprint density at radius 2 is 1.53 bits per heavy atom. The SMILES string of the molecule is O=C(Cc1ccccc1)N1N=C(c2c(-c3ccccc3)c3cc(Br)ccc3[nH]c2=O)C[C@H]1c1ccccc1. The molecule has 6 heteroatoms. The summed E-state index contributed by atoms with van der Waals surface area (Å²) in [5.41, 5.74) is 5.26. The standard InChI is InChI=1S/C32H24BrN3O2/c33-24-16-17-26-25(19-24)30(23-14-8-3-9-15-23)31(32(38)34-26)27-20-28(22-12-6-2-7-13-22)36(35-27)29(37)18-21-10-4-1-5-11-21/h1-17,19,28H,18,20H2,(H,34,38)/t28-/m0/s1. The number of halogens is 1. The van der Waals surface area contributed by atoms with Crippen molar-refractivity contribution in [3.63, 3.8) is 0 Å². The molecule has 6 rings (SSSR count). The molecule has 0 spiro atoms. The molecular formula is C32H24BrN3O2. The maximum absolute atomic E-state index is 13.7. The molecule has 1 aromatic heterocycles. The summed E-state index contributed by atoms with van der Waals surface area (Å²) in [5.74, 6) is -0.110. The van der Waals surface area contributed by atoms with Crippen LogP contribution in [0.1, 0.15) is 29.2 Å². The molecule has 4 aromatic carbocycles. The number of carbonyl (C=O) groups excluding carboxylic acids is 1. The van der Waals surface area contributed by atoms with Gasteiger partial charge in [0.05, 0.1) is 23.7 Å². The summed E-state index contributed by atoms with van der Waals surface area (Å²) in [5, 5.41) is 7.33. The summed E-state index contributed by atoms with van der Waals surface area (Å²) in [6.07, 6.45) is 0.667. The number of benzene rings is 4. The first-order valence-corrected chi connectivity index (χ1v) is 13.3. The van der Waals surface area contributed by atoms with Gasteiger partial charge in [0.2, 0.25) is 5.91 Å². The quantitative estimate of drug-likeness (QED) is 0.254. The summed E-state index contributed by atoms with van der Waals surface area (Å²) < 4.78 is 0.912. The molecule has 1 N–H and O–H groups in total. The average Bonchev–Trinajstić information content (AvgIpc) is 3.39. The number of fused-ring (bicyclic) bond motifs is 1. The molecular weight excluding hydrogens is 538 g/mol. The third-order valence-electron chi connectivity index (χ3n) is 6.88. The number of hydrogen-bond acceptors (Lipinski definition) is 3. The fraction of sp³-hybridized carbons (Fsp3) is 0.0938. The number of pyridine rings is 1. The minimum atomic E-state index is -0.302. The zero-order valence-electron chi connectivity index (χ0n) is 20.5. The van der Waals surface area contributed by atoms with Gasteiger partial charge in [-0.1, -0.05) is 107 Å². The molecule has 1 amide bonds. The number of nitrogens with zero attached hydrogens (tertiary/aromatic N) is 2. The van der Waals surface area contributed by atoms with Gasteiger partial charge < -0.3 is 4.98 Å². The van der Waals surface area contributed by atoms with E-state index >= 15 is 0 Å².